The molecule has 1 aromatic carbocycles. The summed E-state index contributed by atoms with van der Waals surface area (Å²) in [5.41, 5.74) is 7.13. The number of rotatable bonds is 6. The minimum Gasteiger partial charge on any atom is -0.494 e. The van der Waals surface area contributed by atoms with Gasteiger partial charge in [-0.2, -0.15) is 0 Å². The van der Waals surface area contributed by atoms with Gasteiger partial charge in [-0.1, -0.05) is 32.4 Å². The molecule has 0 aliphatic heterocycles. The Balaban J connectivity index is 2.81. The molecular formula is C14H22ClNO. The molecule has 3 heteroatoms. The summed E-state index contributed by atoms with van der Waals surface area (Å²) in [5.74, 6) is 1.41. The first-order valence-electron chi connectivity index (χ1n) is 6.22. The topological polar surface area (TPSA) is 35.2 Å². The summed E-state index contributed by atoms with van der Waals surface area (Å²) in [4.78, 5) is 0. The average Bonchev–Trinajstić information content (AvgIpc) is 2.27. The maximum absolute atomic E-state index is 6.17. The summed E-state index contributed by atoms with van der Waals surface area (Å²) in [5, 5.41) is 0.724. The van der Waals surface area contributed by atoms with E-state index in [1.807, 2.05) is 18.2 Å². The zero-order valence-corrected chi connectivity index (χ0v) is 11.6. The summed E-state index contributed by atoms with van der Waals surface area (Å²) < 4.78 is 5.59. The fourth-order valence-electron chi connectivity index (χ4n) is 1.75. The number of nitrogens with two attached hydrogens (primary N) is 1. The van der Waals surface area contributed by atoms with Gasteiger partial charge in [-0.25, -0.2) is 0 Å². The van der Waals surface area contributed by atoms with Crippen LogP contribution < -0.4 is 10.5 Å². The highest BCUT2D eigenvalue weighted by molar-refractivity contribution is 6.31. The van der Waals surface area contributed by atoms with Crippen LogP contribution in [0.15, 0.2) is 18.2 Å². The van der Waals surface area contributed by atoms with Crippen molar-refractivity contribution >= 4 is 11.6 Å². The molecule has 1 aromatic rings. The molecular weight excluding hydrogens is 234 g/mol. The van der Waals surface area contributed by atoms with Gasteiger partial charge in [-0.05, 0) is 42.5 Å². The second-order valence-electron chi connectivity index (χ2n) is 4.77. The number of benzene rings is 1. The van der Waals surface area contributed by atoms with Crippen molar-refractivity contribution in [3.05, 3.63) is 28.8 Å². The predicted molar refractivity (Wildman–Crippen MR) is 73.6 cm³/mol. The van der Waals surface area contributed by atoms with Crippen molar-refractivity contribution in [3.63, 3.8) is 0 Å². The fraction of sp³-hybridized carbons (Fsp3) is 0.571. The van der Waals surface area contributed by atoms with Crippen molar-refractivity contribution in [1.82, 2.24) is 0 Å². The maximum atomic E-state index is 6.17. The average molecular weight is 256 g/mol. The lowest BCUT2D eigenvalue weighted by Gasteiger charge is -2.17. The Labute approximate surface area is 109 Å². The van der Waals surface area contributed by atoms with Crippen molar-refractivity contribution in [2.45, 2.75) is 39.7 Å². The van der Waals surface area contributed by atoms with Crippen LogP contribution >= 0.6 is 11.6 Å². The fourth-order valence-corrected chi connectivity index (χ4v) is 2.01. The first-order valence-corrected chi connectivity index (χ1v) is 6.60. The first kappa shape index (κ1) is 14.3. The van der Waals surface area contributed by atoms with Gasteiger partial charge in [-0.3, -0.25) is 0 Å². The normalized spacial score (nSPS) is 12.8. The van der Waals surface area contributed by atoms with Crippen molar-refractivity contribution in [1.29, 1.82) is 0 Å². The van der Waals surface area contributed by atoms with E-state index in [1.54, 1.807) is 0 Å². The smallest absolute Gasteiger partial charge is 0.119 e. The Morgan fingerprint density at radius 3 is 2.65 bits per heavy atom. The molecule has 1 rings (SSSR count). The van der Waals surface area contributed by atoms with Crippen LogP contribution in [-0.2, 0) is 0 Å². The van der Waals surface area contributed by atoms with Crippen LogP contribution in [-0.4, -0.2) is 6.61 Å². The Bertz CT molecular complexity index is 352. The molecule has 0 fully saturated rings. The molecule has 0 saturated carbocycles. The Morgan fingerprint density at radius 1 is 1.35 bits per heavy atom. The van der Waals surface area contributed by atoms with Gasteiger partial charge in [0, 0.05) is 11.1 Å². The highest BCUT2D eigenvalue weighted by Crippen LogP contribution is 2.29. The van der Waals surface area contributed by atoms with Crippen molar-refractivity contribution in [2.24, 2.45) is 11.7 Å². The summed E-state index contributed by atoms with van der Waals surface area (Å²) in [7, 11) is 0. The van der Waals surface area contributed by atoms with Gasteiger partial charge >= 0.3 is 0 Å². The van der Waals surface area contributed by atoms with Crippen LogP contribution in [0.4, 0.5) is 0 Å². The van der Waals surface area contributed by atoms with Gasteiger partial charge in [0.15, 0.2) is 0 Å². The van der Waals surface area contributed by atoms with Gasteiger partial charge < -0.3 is 10.5 Å². The second-order valence-corrected chi connectivity index (χ2v) is 5.18. The van der Waals surface area contributed by atoms with Crippen LogP contribution in [0.2, 0.25) is 5.02 Å². The highest BCUT2D eigenvalue weighted by atomic mass is 35.5. The van der Waals surface area contributed by atoms with Crippen molar-refractivity contribution < 1.29 is 4.74 Å². The monoisotopic (exact) mass is 255 g/mol. The van der Waals surface area contributed by atoms with E-state index in [9.17, 15) is 0 Å². The van der Waals surface area contributed by atoms with Gasteiger partial charge in [-0.15, -0.1) is 0 Å². The van der Waals surface area contributed by atoms with Gasteiger partial charge in [0.2, 0.25) is 0 Å². The van der Waals surface area contributed by atoms with E-state index >= 15 is 0 Å². The minimum absolute atomic E-state index is 0.0207. The largest absolute Gasteiger partial charge is 0.494 e. The zero-order chi connectivity index (χ0) is 12.8. The Morgan fingerprint density at radius 2 is 2.06 bits per heavy atom. The van der Waals surface area contributed by atoms with E-state index in [-0.39, 0.29) is 6.04 Å². The molecule has 2 N–H and O–H groups in total. The molecule has 0 aliphatic rings. The molecule has 2 nitrogen and oxygen atoms in total. The SMILES string of the molecule is CCCOc1ccc(Cl)c(C(N)CC(C)C)c1. The summed E-state index contributed by atoms with van der Waals surface area (Å²) in [6, 6.07) is 5.70. The molecule has 0 radical (unpaired) electrons. The lowest BCUT2D eigenvalue weighted by molar-refractivity contribution is 0.316. The zero-order valence-electron chi connectivity index (χ0n) is 10.9. The van der Waals surface area contributed by atoms with Crippen LogP contribution in [0, 0.1) is 5.92 Å². The summed E-state index contributed by atoms with van der Waals surface area (Å²) >= 11 is 6.17. The van der Waals surface area contributed by atoms with Crippen LogP contribution in [0.1, 0.15) is 45.2 Å². The quantitative estimate of drug-likeness (QED) is 0.828. The van der Waals surface area contributed by atoms with Crippen LogP contribution in [0.3, 0.4) is 0 Å². The second kappa shape index (κ2) is 6.87. The lowest BCUT2D eigenvalue weighted by atomic mass is 9.98. The number of hydrogen-bond acceptors (Lipinski definition) is 2. The van der Waals surface area contributed by atoms with Gasteiger partial charge in [0.25, 0.3) is 0 Å². The molecule has 1 atom stereocenters. The van der Waals surface area contributed by atoms with Crippen molar-refractivity contribution in [3.8, 4) is 5.75 Å². The molecule has 17 heavy (non-hydrogen) atoms. The first-order chi connectivity index (χ1) is 8.04. The Kier molecular flexibility index (Phi) is 5.79. The van der Waals surface area contributed by atoms with E-state index in [4.69, 9.17) is 22.1 Å². The number of ether oxygens (including phenoxy) is 1. The molecule has 0 aliphatic carbocycles. The standard InChI is InChI=1S/C14H22ClNO/c1-4-7-17-11-5-6-13(15)12(9-11)14(16)8-10(2)3/h5-6,9-10,14H,4,7-8,16H2,1-3H3. The lowest BCUT2D eigenvalue weighted by Crippen LogP contribution is -2.13. The predicted octanol–water partition coefficient (Wildman–Crippen LogP) is 4.17. The van der Waals surface area contributed by atoms with E-state index in [2.05, 4.69) is 20.8 Å². The number of hydrogen-bond donors (Lipinski definition) is 1. The molecule has 0 saturated heterocycles. The summed E-state index contributed by atoms with van der Waals surface area (Å²) in [6.07, 6.45) is 1.92. The van der Waals surface area contributed by atoms with E-state index in [1.165, 1.54) is 0 Å². The maximum Gasteiger partial charge on any atom is 0.119 e. The van der Waals surface area contributed by atoms with E-state index < -0.39 is 0 Å². The van der Waals surface area contributed by atoms with Gasteiger partial charge in [0.05, 0.1) is 6.61 Å². The third-order valence-electron chi connectivity index (χ3n) is 2.57. The third-order valence-corrected chi connectivity index (χ3v) is 2.91. The molecule has 0 spiro atoms. The molecule has 0 aromatic heterocycles. The van der Waals surface area contributed by atoms with E-state index in [0.717, 1.165) is 35.8 Å². The molecule has 0 heterocycles. The van der Waals surface area contributed by atoms with Crippen molar-refractivity contribution in [2.75, 3.05) is 6.61 Å². The summed E-state index contributed by atoms with van der Waals surface area (Å²) in [6.45, 7) is 7.12. The molecule has 0 bridgehead atoms. The Hall–Kier alpha value is -0.730. The molecule has 96 valence electrons. The third kappa shape index (κ3) is 4.57. The highest BCUT2D eigenvalue weighted by Gasteiger charge is 2.13. The van der Waals surface area contributed by atoms with Crippen LogP contribution in [0.25, 0.3) is 0 Å². The van der Waals surface area contributed by atoms with Gasteiger partial charge in [0.1, 0.15) is 5.75 Å². The van der Waals surface area contributed by atoms with Crippen LogP contribution in [0.5, 0.6) is 5.75 Å². The molecule has 1 unspecified atom stereocenters. The number of halogens is 1. The minimum atomic E-state index is -0.0207. The molecule has 0 amide bonds. The van der Waals surface area contributed by atoms with E-state index in [0.29, 0.717) is 5.92 Å².